The molecule has 1 N–H and O–H groups in total. The molecule has 2 atom stereocenters. The molecule has 0 spiro atoms. The van der Waals surface area contributed by atoms with Crippen LogP contribution in [0.4, 0.5) is 14.5 Å². The minimum Gasteiger partial charge on any atom is -0.432 e. The van der Waals surface area contributed by atoms with Crippen molar-refractivity contribution in [3.63, 3.8) is 0 Å². The van der Waals surface area contributed by atoms with Gasteiger partial charge in [-0.25, -0.2) is 0 Å². The van der Waals surface area contributed by atoms with Crippen molar-refractivity contribution in [3.05, 3.63) is 22.2 Å². The second-order valence-corrected chi connectivity index (χ2v) is 6.24. The number of benzene rings is 1. The van der Waals surface area contributed by atoms with Crippen molar-refractivity contribution < 1.29 is 13.5 Å². The highest BCUT2D eigenvalue weighted by Crippen LogP contribution is 2.38. The summed E-state index contributed by atoms with van der Waals surface area (Å²) in [5, 5.41) is 3.58. The highest BCUT2D eigenvalue weighted by Gasteiger charge is 2.21. The van der Waals surface area contributed by atoms with E-state index in [0.717, 1.165) is 24.4 Å². The number of hydrogen-bond donors (Lipinski definition) is 1. The minimum absolute atomic E-state index is 0.0909. The zero-order valence-corrected chi connectivity index (χ0v) is 13.4. The molecule has 2 rings (SSSR count). The summed E-state index contributed by atoms with van der Waals surface area (Å²) in [6.45, 7) is -0.737. The fourth-order valence-corrected chi connectivity index (χ4v) is 3.45. The van der Waals surface area contributed by atoms with Gasteiger partial charge in [0.1, 0.15) is 0 Å². The van der Waals surface area contributed by atoms with Gasteiger partial charge in [0.15, 0.2) is 5.75 Å². The third kappa shape index (κ3) is 4.62. The maximum Gasteiger partial charge on any atom is 0.387 e. The zero-order chi connectivity index (χ0) is 15.4. The molecular formula is C15H19Cl2F2NO. The topological polar surface area (TPSA) is 21.3 Å². The summed E-state index contributed by atoms with van der Waals surface area (Å²) in [6, 6.07) is 3.54. The first-order chi connectivity index (χ1) is 9.99. The first-order valence-electron chi connectivity index (χ1n) is 7.20. The van der Waals surface area contributed by atoms with Crippen molar-refractivity contribution in [2.24, 2.45) is 5.92 Å². The van der Waals surface area contributed by atoms with Gasteiger partial charge < -0.3 is 10.1 Å². The normalized spacial score (nSPS) is 22.4. The van der Waals surface area contributed by atoms with E-state index in [1.165, 1.54) is 19.3 Å². The minimum atomic E-state index is -2.94. The summed E-state index contributed by atoms with van der Waals surface area (Å²) < 4.78 is 28.9. The molecule has 0 heterocycles. The molecule has 0 bridgehead atoms. The van der Waals surface area contributed by atoms with Crippen LogP contribution in [0.25, 0.3) is 0 Å². The Bertz CT molecular complexity index is 462. The van der Waals surface area contributed by atoms with Gasteiger partial charge in [-0.15, -0.1) is 0 Å². The van der Waals surface area contributed by atoms with Gasteiger partial charge >= 0.3 is 6.61 Å². The highest BCUT2D eigenvalue weighted by atomic mass is 35.5. The SMILES string of the molecule is CCC1CCCC(Nc2cc(Cl)c(OC(F)F)c(Cl)c2)C1. The average Bonchev–Trinajstić information content (AvgIpc) is 2.43. The quantitative estimate of drug-likeness (QED) is 0.713. The molecule has 1 aliphatic carbocycles. The molecule has 6 heteroatoms. The summed E-state index contributed by atoms with van der Waals surface area (Å²) in [4.78, 5) is 0. The third-order valence-corrected chi connectivity index (χ3v) is 4.50. The monoisotopic (exact) mass is 337 g/mol. The Hall–Kier alpha value is -0.740. The van der Waals surface area contributed by atoms with Crippen LogP contribution in [0.5, 0.6) is 5.75 Å². The Morgan fingerprint density at radius 1 is 1.29 bits per heavy atom. The lowest BCUT2D eigenvalue weighted by atomic mass is 9.84. The maximum absolute atomic E-state index is 12.3. The van der Waals surface area contributed by atoms with Gasteiger partial charge in [-0.3, -0.25) is 0 Å². The van der Waals surface area contributed by atoms with Crippen LogP contribution in [0, 0.1) is 5.92 Å². The number of ether oxygens (including phenoxy) is 1. The smallest absolute Gasteiger partial charge is 0.387 e. The predicted molar refractivity (Wildman–Crippen MR) is 82.8 cm³/mol. The molecule has 0 saturated heterocycles. The fraction of sp³-hybridized carbons (Fsp3) is 0.600. The van der Waals surface area contributed by atoms with Crippen molar-refractivity contribution in [2.45, 2.75) is 51.7 Å². The zero-order valence-electron chi connectivity index (χ0n) is 11.8. The molecule has 1 aromatic rings. The second kappa shape index (κ2) is 7.50. The number of hydrogen-bond acceptors (Lipinski definition) is 2. The number of rotatable bonds is 5. The van der Waals surface area contributed by atoms with E-state index in [9.17, 15) is 8.78 Å². The Labute approximate surface area is 133 Å². The van der Waals surface area contributed by atoms with Crippen molar-refractivity contribution in [1.82, 2.24) is 0 Å². The second-order valence-electron chi connectivity index (χ2n) is 5.43. The van der Waals surface area contributed by atoms with Crippen LogP contribution >= 0.6 is 23.2 Å². The highest BCUT2D eigenvalue weighted by molar-refractivity contribution is 6.37. The molecular weight excluding hydrogens is 319 g/mol. The van der Waals surface area contributed by atoms with Gasteiger partial charge in [-0.1, -0.05) is 49.4 Å². The molecule has 2 nitrogen and oxygen atoms in total. The van der Waals surface area contributed by atoms with Gasteiger partial charge in [0.05, 0.1) is 10.0 Å². The maximum atomic E-state index is 12.3. The molecule has 1 aliphatic rings. The number of nitrogens with one attached hydrogen (secondary N) is 1. The van der Waals surface area contributed by atoms with Crippen LogP contribution in [0.15, 0.2) is 12.1 Å². The molecule has 21 heavy (non-hydrogen) atoms. The van der Waals surface area contributed by atoms with Gasteiger partial charge in [-0.2, -0.15) is 8.78 Å². The van der Waals surface area contributed by atoms with E-state index in [-0.39, 0.29) is 15.8 Å². The van der Waals surface area contributed by atoms with Gasteiger partial charge in [0, 0.05) is 11.7 Å². The molecule has 0 radical (unpaired) electrons. The van der Waals surface area contributed by atoms with Crippen LogP contribution < -0.4 is 10.1 Å². The summed E-state index contributed by atoms with van der Waals surface area (Å²) >= 11 is 11.9. The molecule has 0 aromatic heterocycles. The summed E-state index contributed by atoms with van der Waals surface area (Å²) in [6.07, 6.45) is 5.87. The standard InChI is InChI=1S/C15H19Cl2F2NO/c1-2-9-4-3-5-10(6-9)20-11-7-12(16)14(13(17)8-11)21-15(18)19/h7-10,15,20H,2-6H2,1H3. The molecule has 1 saturated carbocycles. The first kappa shape index (κ1) is 16.6. The average molecular weight is 338 g/mol. The van der Waals surface area contributed by atoms with Crippen LogP contribution in [0.2, 0.25) is 10.0 Å². The predicted octanol–water partition coefficient (Wildman–Crippen LogP) is 5.98. The van der Waals surface area contributed by atoms with Crippen LogP contribution in [-0.4, -0.2) is 12.7 Å². The van der Waals surface area contributed by atoms with Gasteiger partial charge in [0.25, 0.3) is 0 Å². The largest absolute Gasteiger partial charge is 0.432 e. The van der Waals surface area contributed by atoms with Crippen molar-refractivity contribution >= 4 is 28.9 Å². The van der Waals surface area contributed by atoms with E-state index in [1.807, 2.05) is 0 Å². The van der Waals surface area contributed by atoms with Gasteiger partial charge in [0.2, 0.25) is 0 Å². The molecule has 2 unspecified atom stereocenters. The fourth-order valence-electron chi connectivity index (χ4n) is 2.87. The summed E-state index contributed by atoms with van der Waals surface area (Å²) in [7, 11) is 0. The van der Waals surface area contributed by atoms with E-state index >= 15 is 0 Å². The molecule has 1 aromatic carbocycles. The number of anilines is 1. The van der Waals surface area contributed by atoms with Crippen LogP contribution in [0.3, 0.4) is 0 Å². The first-order valence-corrected chi connectivity index (χ1v) is 7.95. The van der Waals surface area contributed by atoms with Crippen molar-refractivity contribution in [2.75, 3.05) is 5.32 Å². The van der Waals surface area contributed by atoms with Gasteiger partial charge in [-0.05, 0) is 30.9 Å². The van der Waals surface area contributed by atoms with Crippen LogP contribution in [-0.2, 0) is 0 Å². The number of halogens is 4. The molecule has 118 valence electrons. The lowest BCUT2D eigenvalue weighted by Crippen LogP contribution is -2.27. The Morgan fingerprint density at radius 2 is 1.95 bits per heavy atom. The lowest BCUT2D eigenvalue weighted by molar-refractivity contribution is -0.0497. The van der Waals surface area contributed by atoms with E-state index < -0.39 is 6.61 Å². The Kier molecular flexibility index (Phi) is 5.94. The number of alkyl halides is 2. The Balaban J connectivity index is 2.07. The molecule has 1 fully saturated rings. The van der Waals surface area contributed by atoms with Crippen molar-refractivity contribution in [1.29, 1.82) is 0 Å². The van der Waals surface area contributed by atoms with E-state index in [1.54, 1.807) is 12.1 Å². The summed E-state index contributed by atoms with van der Waals surface area (Å²) in [5.74, 6) is 0.567. The Morgan fingerprint density at radius 3 is 2.52 bits per heavy atom. The van der Waals surface area contributed by atoms with E-state index in [2.05, 4.69) is 17.0 Å². The van der Waals surface area contributed by atoms with Crippen molar-refractivity contribution in [3.8, 4) is 5.75 Å². The lowest BCUT2D eigenvalue weighted by Gasteiger charge is -2.30. The van der Waals surface area contributed by atoms with Crippen LogP contribution in [0.1, 0.15) is 39.0 Å². The van der Waals surface area contributed by atoms with E-state index in [0.29, 0.717) is 6.04 Å². The third-order valence-electron chi connectivity index (χ3n) is 3.94. The molecule has 0 aliphatic heterocycles. The van der Waals surface area contributed by atoms with E-state index in [4.69, 9.17) is 23.2 Å². The molecule has 0 amide bonds. The summed E-state index contributed by atoms with van der Waals surface area (Å²) in [5.41, 5.74) is 0.744.